The Bertz CT molecular complexity index is 847. The molecule has 7 heteroatoms. The van der Waals surface area contributed by atoms with Gasteiger partial charge in [-0.15, -0.1) is 0 Å². The largest absolute Gasteiger partial charge is 0.352 e. The number of carbonyl (C=O) groups excluding carboxylic acids is 2. The van der Waals surface area contributed by atoms with Gasteiger partial charge in [0, 0.05) is 17.8 Å². The summed E-state index contributed by atoms with van der Waals surface area (Å²) < 4.78 is 24.4. The summed E-state index contributed by atoms with van der Waals surface area (Å²) in [6.45, 7) is 2.55. The van der Waals surface area contributed by atoms with Crippen LogP contribution >= 0.6 is 0 Å². The summed E-state index contributed by atoms with van der Waals surface area (Å²) in [6.07, 6.45) is 0.840. The summed E-state index contributed by atoms with van der Waals surface area (Å²) in [5.74, 6) is -1.62. The van der Waals surface area contributed by atoms with Gasteiger partial charge < -0.3 is 10.6 Å². The SMILES string of the molecule is CCCNC(=O)c1ccc(CS(=O)(=O)CC(=O)Nc2ccccc2)cc1. The van der Waals surface area contributed by atoms with Crippen molar-refractivity contribution in [3.05, 3.63) is 65.7 Å². The minimum absolute atomic E-state index is 0.191. The molecule has 2 rings (SSSR count). The minimum atomic E-state index is -3.61. The second-order valence-corrected chi connectivity index (χ2v) is 7.96. The molecule has 2 aromatic carbocycles. The van der Waals surface area contributed by atoms with Crippen LogP contribution in [0.2, 0.25) is 0 Å². The smallest absolute Gasteiger partial charge is 0.251 e. The van der Waals surface area contributed by atoms with Crippen LogP contribution in [0.1, 0.15) is 29.3 Å². The predicted molar refractivity (Wildman–Crippen MR) is 102 cm³/mol. The topological polar surface area (TPSA) is 92.3 Å². The highest BCUT2D eigenvalue weighted by molar-refractivity contribution is 7.91. The van der Waals surface area contributed by atoms with Crippen molar-refractivity contribution in [1.82, 2.24) is 5.32 Å². The van der Waals surface area contributed by atoms with Gasteiger partial charge in [0.1, 0.15) is 5.75 Å². The van der Waals surface area contributed by atoms with Crippen molar-refractivity contribution < 1.29 is 18.0 Å². The summed E-state index contributed by atoms with van der Waals surface area (Å²) in [7, 11) is -3.61. The third kappa shape index (κ3) is 6.33. The molecule has 0 bridgehead atoms. The van der Waals surface area contributed by atoms with Crippen molar-refractivity contribution in [3.63, 3.8) is 0 Å². The first kappa shape index (κ1) is 19.7. The minimum Gasteiger partial charge on any atom is -0.352 e. The number of hydrogen-bond acceptors (Lipinski definition) is 4. The monoisotopic (exact) mass is 374 g/mol. The van der Waals surface area contributed by atoms with Crippen LogP contribution in [-0.2, 0) is 20.4 Å². The maximum absolute atomic E-state index is 12.2. The van der Waals surface area contributed by atoms with Crippen molar-refractivity contribution in [3.8, 4) is 0 Å². The molecule has 0 saturated carbocycles. The van der Waals surface area contributed by atoms with Crippen molar-refractivity contribution in [2.45, 2.75) is 19.1 Å². The second kappa shape index (κ2) is 9.15. The highest BCUT2D eigenvalue weighted by atomic mass is 32.2. The zero-order valence-corrected chi connectivity index (χ0v) is 15.4. The van der Waals surface area contributed by atoms with Crippen LogP contribution in [0.3, 0.4) is 0 Å². The van der Waals surface area contributed by atoms with Crippen molar-refractivity contribution >= 4 is 27.3 Å². The van der Waals surface area contributed by atoms with E-state index >= 15 is 0 Å². The number of rotatable bonds is 8. The molecule has 0 fully saturated rings. The fourth-order valence-electron chi connectivity index (χ4n) is 2.32. The fourth-order valence-corrected chi connectivity index (χ4v) is 3.59. The average molecular weight is 374 g/mol. The van der Waals surface area contributed by atoms with E-state index in [1.54, 1.807) is 54.6 Å². The van der Waals surface area contributed by atoms with Gasteiger partial charge in [0.25, 0.3) is 5.91 Å². The van der Waals surface area contributed by atoms with Crippen LogP contribution in [0.25, 0.3) is 0 Å². The van der Waals surface area contributed by atoms with E-state index in [0.717, 1.165) is 6.42 Å². The van der Waals surface area contributed by atoms with Gasteiger partial charge in [0.15, 0.2) is 9.84 Å². The molecule has 26 heavy (non-hydrogen) atoms. The van der Waals surface area contributed by atoms with E-state index < -0.39 is 21.5 Å². The summed E-state index contributed by atoms with van der Waals surface area (Å²) in [5.41, 5.74) is 1.56. The number of benzene rings is 2. The third-order valence-electron chi connectivity index (χ3n) is 3.55. The van der Waals surface area contributed by atoms with Gasteiger partial charge >= 0.3 is 0 Å². The van der Waals surface area contributed by atoms with E-state index in [1.807, 2.05) is 6.92 Å². The zero-order chi connectivity index (χ0) is 19.0. The van der Waals surface area contributed by atoms with Gasteiger partial charge in [-0.2, -0.15) is 0 Å². The number of carbonyl (C=O) groups is 2. The Morgan fingerprint density at radius 2 is 1.62 bits per heavy atom. The lowest BCUT2D eigenvalue weighted by Gasteiger charge is -2.08. The lowest BCUT2D eigenvalue weighted by atomic mass is 10.1. The van der Waals surface area contributed by atoms with Crippen LogP contribution in [0.5, 0.6) is 0 Å². The summed E-state index contributed by atoms with van der Waals surface area (Å²) >= 11 is 0. The third-order valence-corrected chi connectivity index (χ3v) is 5.02. The number of sulfone groups is 1. The van der Waals surface area contributed by atoms with E-state index in [2.05, 4.69) is 10.6 Å². The molecular weight excluding hydrogens is 352 g/mol. The van der Waals surface area contributed by atoms with E-state index in [0.29, 0.717) is 23.4 Å². The Labute approximate surface area is 153 Å². The molecule has 2 amide bonds. The molecule has 0 unspecified atom stereocenters. The number of anilines is 1. The quantitative estimate of drug-likeness (QED) is 0.742. The van der Waals surface area contributed by atoms with Gasteiger partial charge in [-0.1, -0.05) is 37.3 Å². The average Bonchev–Trinajstić information content (AvgIpc) is 2.60. The molecular formula is C19H22N2O4S. The lowest BCUT2D eigenvalue weighted by molar-refractivity contribution is -0.113. The first-order valence-electron chi connectivity index (χ1n) is 8.32. The number of para-hydroxylation sites is 1. The Hall–Kier alpha value is -2.67. The van der Waals surface area contributed by atoms with Crippen LogP contribution in [-0.4, -0.2) is 32.5 Å². The van der Waals surface area contributed by atoms with Gasteiger partial charge in [0.2, 0.25) is 5.91 Å². The van der Waals surface area contributed by atoms with Crippen LogP contribution in [0, 0.1) is 0 Å². The Morgan fingerprint density at radius 3 is 2.23 bits per heavy atom. The van der Waals surface area contributed by atoms with Crippen LogP contribution in [0.4, 0.5) is 5.69 Å². The fraction of sp³-hybridized carbons (Fsp3) is 0.263. The summed E-state index contributed by atoms with van der Waals surface area (Å²) in [6, 6.07) is 15.0. The summed E-state index contributed by atoms with van der Waals surface area (Å²) in [4.78, 5) is 23.8. The van der Waals surface area contributed by atoms with E-state index in [1.165, 1.54) is 0 Å². The molecule has 2 aromatic rings. The molecule has 138 valence electrons. The van der Waals surface area contributed by atoms with E-state index in [9.17, 15) is 18.0 Å². The lowest BCUT2D eigenvalue weighted by Crippen LogP contribution is -2.24. The van der Waals surface area contributed by atoms with Crippen LogP contribution in [0.15, 0.2) is 54.6 Å². The molecule has 0 aromatic heterocycles. The Balaban J connectivity index is 1.94. The van der Waals surface area contributed by atoms with Gasteiger partial charge in [-0.3, -0.25) is 9.59 Å². The molecule has 0 atom stereocenters. The van der Waals surface area contributed by atoms with Crippen molar-refractivity contribution in [2.75, 3.05) is 17.6 Å². The van der Waals surface area contributed by atoms with Gasteiger partial charge in [-0.05, 0) is 36.2 Å². The first-order chi connectivity index (χ1) is 12.4. The highest BCUT2D eigenvalue weighted by Crippen LogP contribution is 2.11. The van der Waals surface area contributed by atoms with Crippen molar-refractivity contribution in [1.29, 1.82) is 0 Å². The number of nitrogens with one attached hydrogen (secondary N) is 2. The number of hydrogen-bond donors (Lipinski definition) is 2. The molecule has 0 aliphatic carbocycles. The van der Waals surface area contributed by atoms with Crippen LogP contribution < -0.4 is 10.6 Å². The molecule has 0 saturated heterocycles. The zero-order valence-electron chi connectivity index (χ0n) is 14.6. The molecule has 6 nitrogen and oxygen atoms in total. The predicted octanol–water partition coefficient (Wildman–Crippen LogP) is 2.38. The maximum Gasteiger partial charge on any atom is 0.251 e. The Kier molecular flexibility index (Phi) is 6.91. The number of amides is 2. The highest BCUT2D eigenvalue weighted by Gasteiger charge is 2.18. The maximum atomic E-state index is 12.2. The van der Waals surface area contributed by atoms with E-state index in [-0.39, 0.29) is 11.7 Å². The molecule has 0 heterocycles. The molecule has 0 spiro atoms. The molecule has 0 radical (unpaired) electrons. The van der Waals surface area contributed by atoms with Crippen molar-refractivity contribution in [2.24, 2.45) is 0 Å². The molecule has 0 aliphatic heterocycles. The first-order valence-corrected chi connectivity index (χ1v) is 10.1. The second-order valence-electron chi connectivity index (χ2n) is 5.90. The summed E-state index contributed by atoms with van der Waals surface area (Å²) in [5, 5.41) is 5.31. The standard InChI is InChI=1S/C19H22N2O4S/c1-2-12-20-19(23)16-10-8-15(9-11-16)13-26(24,25)14-18(22)21-17-6-4-3-5-7-17/h3-11H,2,12-14H2,1H3,(H,20,23)(H,21,22). The normalized spacial score (nSPS) is 11.0. The van der Waals surface area contributed by atoms with Gasteiger partial charge in [-0.25, -0.2) is 8.42 Å². The van der Waals surface area contributed by atoms with E-state index in [4.69, 9.17) is 0 Å². The molecule has 0 aliphatic rings. The Morgan fingerprint density at radius 1 is 0.962 bits per heavy atom. The molecule has 2 N–H and O–H groups in total. The van der Waals surface area contributed by atoms with Gasteiger partial charge in [0.05, 0.1) is 5.75 Å².